The van der Waals surface area contributed by atoms with Gasteiger partial charge in [-0.05, 0) is 30.2 Å². The minimum Gasteiger partial charge on any atom is -0.453 e. The summed E-state index contributed by atoms with van der Waals surface area (Å²) in [5.41, 5.74) is 8.87. The second kappa shape index (κ2) is 8.02. The minimum atomic E-state index is 0.150. The molecule has 0 spiro atoms. The van der Waals surface area contributed by atoms with Gasteiger partial charge in [0.1, 0.15) is 11.5 Å². The summed E-state index contributed by atoms with van der Waals surface area (Å²) < 4.78 is 5.76. The lowest BCUT2D eigenvalue weighted by atomic mass is 10.0. The van der Waals surface area contributed by atoms with Crippen molar-refractivity contribution < 1.29 is 9.53 Å². The van der Waals surface area contributed by atoms with Crippen LogP contribution in [0.15, 0.2) is 60.8 Å². The molecule has 3 rings (SSSR count). The van der Waals surface area contributed by atoms with Crippen LogP contribution in [0, 0.1) is 6.92 Å². The van der Waals surface area contributed by atoms with Gasteiger partial charge in [0, 0.05) is 25.1 Å². The molecule has 0 atom stereocenters. The molecule has 0 bridgehead atoms. The van der Waals surface area contributed by atoms with Gasteiger partial charge in [0.05, 0.1) is 5.02 Å². The molecule has 0 amide bonds. The van der Waals surface area contributed by atoms with Gasteiger partial charge in [0.25, 0.3) is 0 Å². The molecular weight excluding hydrogens is 348 g/mol. The van der Waals surface area contributed by atoms with Crippen molar-refractivity contribution in [2.24, 2.45) is 0 Å². The van der Waals surface area contributed by atoms with E-state index < -0.39 is 0 Å². The Labute approximate surface area is 157 Å². The van der Waals surface area contributed by atoms with Crippen molar-refractivity contribution in [1.82, 2.24) is 4.98 Å². The zero-order valence-electron chi connectivity index (χ0n) is 14.4. The molecule has 5 heteroatoms. The van der Waals surface area contributed by atoms with Crippen LogP contribution in [0.25, 0.3) is 0 Å². The molecule has 26 heavy (non-hydrogen) atoms. The molecule has 0 unspecified atom stereocenters. The van der Waals surface area contributed by atoms with Crippen molar-refractivity contribution in [3.8, 4) is 11.5 Å². The van der Waals surface area contributed by atoms with E-state index in [2.05, 4.69) is 4.98 Å². The molecular formula is C21H19ClN2O2. The molecule has 1 aromatic heterocycles. The Balaban J connectivity index is 1.69. The summed E-state index contributed by atoms with van der Waals surface area (Å²) in [5, 5.41) is 0.443. The normalized spacial score (nSPS) is 10.5. The molecule has 0 aliphatic heterocycles. The Kier molecular flexibility index (Phi) is 5.54. The molecule has 4 nitrogen and oxygen atoms in total. The van der Waals surface area contributed by atoms with Gasteiger partial charge in [0.2, 0.25) is 0 Å². The van der Waals surface area contributed by atoms with Gasteiger partial charge in [-0.15, -0.1) is 0 Å². The van der Waals surface area contributed by atoms with E-state index >= 15 is 0 Å². The first-order valence-corrected chi connectivity index (χ1v) is 8.62. The van der Waals surface area contributed by atoms with Crippen LogP contribution in [0.1, 0.15) is 16.7 Å². The van der Waals surface area contributed by atoms with Crippen LogP contribution < -0.4 is 10.5 Å². The summed E-state index contributed by atoms with van der Waals surface area (Å²) in [4.78, 5) is 16.3. The molecule has 0 saturated heterocycles. The number of nitrogen functional groups attached to an aromatic ring is 1. The maximum Gasteiger partial charge on any atom is 0.170 e. The highest BCUT2D eigenvalue weighted by molar-refractivity contribution is 6.30. The molecule has 132 valence electrons. The van der Waals surface area contributed by atoms with Gasteiger partial charge in [-0.25, -0.2) is 4.98 Å². The van der Waals surface area contributed by atoms with Gasteiger partial charge >= 0.3 is 0 Å². The second-order valence-electron chi connectivity index (χ2n) is 6.17. The van der Waals surface area contributed by atoms with E-state index in [0.717, 1.165) is 16.7 Å². The van der Waals surface area contributed by atoms with Crippen molar-refractivity contribution in [3.63, 3.8) is 0 Å². The lowest BCUT2D eigenvalue weighted by Gasteiger charge is -2.09. The van der Waals surface area contributed by atoms with Crippen LogP contribution in [-0.2, 0) is 17.6 Å². The molecule has 2 aromatic carbocycles. The van der Waals surface area contributed by atoms with E-state index in [9.17, 15) is 4.79 Å². The first-order chi connectivity index (χ1) is 12.5. The third-order valence-corrected chi connectivity index (χ3v) is 4.07. The van der Waals surface area contributed by atoms with Gasteiger partial charge in [-0.3, -0.25) is 4.79 Å². The van der Waals surface area contributed by atoms with E-state index in [-0.39, 0.29) is 11.6 Å². The van der Waals surface area contributed by atoms with E-state index in [1.54, 1.807) is 12.1 Å². The standard InChI is InChI=1S/C21H19ClN2O2/c1-14-4-2-5-15(8-14)9-18(25)10-16-6-3-7-19(11-16)26-20-12-17(22)13-24-21(20)23/h2-8,11-13H,9-10H2,1H3,(H2,23,24). The molecule has 0 radical (unpaired) electrons. The first-order valence-electron chi connectivity index (χ1n) is 8.24. The first kappa shape index (κ1) is 18.0. The number of Topliss-reactive ketones (excluding diaryl/α,β-unsaturated/α-hetero) is 1. The smallest absolute Gasteiger partial charge is 0.170 e. The lowest BCUT2D eigenvalue weighted by molar-refractivity contribution is -0.117. The summed E-state index contributed by atoms with van der Waals surface area (Å²) in [6.45, 7) is 2.02. The van der Waals surface area contributed by atoms with Crippen LogP contribution >= 0.6 is 11.6 Å². The maximum absolute atomic E-state index is 12.4. The zero-order valence-corrected chi connectivity index (χ0v) is 15.2. The number of nitrogens with two attached hydrogens (primary N) is 1. The minimum absolute atomic E-state index is 0.150. The number of hydrogen-bond donors (Lipinski definition) is 1. The van der Waals surface area contributed by atoms with Gasteiger partial charge < -0.3 is 10.5 Å². The Hall–Kier alpha value is -2.85. The summed E-state index contributed by atoms with van der Waals surface area (Å²) in [6.07, 6.45) is 2.22. The predicted molar refractivity (Wildman–Crippen MR) is 104 cm³/mol. The fourth-order valence-electron chi connectivity index (χ4n) is 2.70. The zero-order chi connectivity index (χ0) is 18.5. The number of rotatable bonds is 6. The number of pyridine rings is 1. The fourth-order valence-corrected chi connectivity index (χ4v) is 2.85. The van der Waals surface area contributed by atoms with Crippen LogP contribution in [0.2, 0.25) is 5.02 Å². The average molecular weight is 367 g/mol. The number of benzene rings is 2. The Morgan fingerprint density at radius 1 is 1.08 bits per heavy atom. The van der Waals surface area contributed by atoms with E-state index in [4.69, 9.17) is 22.1 Å². The number of carbonyl (C=O) groups excluding carboxylic acids is 1. The average Bonchev–Trinajstić information content (AvgIpc) is 2.58. The number of hydrogen-bond acceptors (Lipinski definition) is 4. The Morgan fingerprint density at radius 3 is 2.50 bits per heavy atom. The molecule has 2 N–H and O–H groups in total. The molecule has 1 heterocycles. The van der Waals surface area contributed by atoms with Gasteiger partial charge in [-0.2, -0.15) is 0 Å². The summed E-state index contributed by atoms with van der Waals surface area (Å²) in [5.74, 6) is 1.38. The topological polar surface area (TPSA) is 65.2 Å². The summed E-state index contributed by atoms with van der Waals surface area (Å²) in [7, 11) is 0. The highest BCUT2D eigenvalue weighted by Crippen LogP contribution is 2.28. The highest BCUT2D eigenvalue weighted by Gasteiger charge is 2.09. The van der Waals surface area contributed by atoms with Crippen LogP contribution in [0.4, 0.5) is 5.82 Å². The Bertz CT molecular complexity index is 941. The summed E-state index contributed by atoms with van der Waals surface area (Å²) in [6, 6.07) is 17.0. The van der Waals surface area contributed by atoms with Gasteiger partial charge in [-0.1, -0.05) is 53.6 Å². The SMILES string of the molecule is Cc1cccc(CC(=O)Cc2cccc(Oc3cc(Cl)cnc3N)c2)c1. The van der Waals surface area contributed by atoms with Crippen LogP contribution in [0.5, 0.6) is 11.5 Å². The number of carbonyl (C=O) groups is 1. The van der Waals surface area contributed by atoms with Crippen molar-refractivity contribution in [2.75, 3.05) is 5.73 Å². The third-order valence-electron chi connectivity index (χ3n) is 3.86. The Morgan fingerprint density at radius 2 is 1.77 bits per heavy atom. The predicted octanol–water partition coefficient (Wildman–Crippen LogP) is 4.77. The van der Waals surface area contributed by atoms with Crippen molar-refractivity contribution in [2.45, 2.75) is 19.8 Å². The molecule has 0 aliphatic carbocycles. The number of ether oxygens (including phenoxy) is 1. The number of aryl methyl sites for hydroxylation is 1. The second-order valence-corrected chi connectivity index (χ2v) is 6.60. The summed E-state index contributed by atoms with van der Waals surface area (Å²) >= 11 is 5.93. The highest BCUT2D eigenvalue weighted by atomic mass is 35.5. The quantitative estimate of drug-likeness (QED) is 0.682. The van der Waals surface area contributed by atoms with E-state index in [1.165, 1.54) is 6.20 Å². The molecule has 3 aromatic rings. The molecule has 0 fully saturated rings. The number of nitrogens with zero attached hydrogens (tertiary/aromatic N) is 1. The lowest BCUT2D eigenvalue weighted by Crippen LogP contribution is -2.06. The number of ketones is 1. The van der Waals surface area contributed by atoms with Crippen molar-refractivity contribution in [1.29, 1.82) is 0 Å². The number of halogens is 1. The number of anilines is 1. The van der Waals surface area contributed by atoms with E-state index in [1.807, 2.05) is 49.4 Å². The van der Waals surface area contributed by atoms with Crippen molar-refractivity contribution >= 4 is 23.2 Å². The van der Waals surface area contributed by atoms with Gasteiger partial charge in [0.15, 0.2) is 11.6 Å². The van der Waals surface area contributed by atoms with E-state index in [0.29, 0.717) is 29.4 Å². The fraction of sp³-hybridized carbons (Fsp3) is 0.143. The molecule has 0 saturated carbocycles. The third kappa shape index (κ3) is 4.83. The maximum atomic E-state index is 12.4. The van der Waals surface area contributed by atoms with Crippen molar-refractivity contribution in [3.05, 3.63) is 82.5 Å². The monoisotopic (exact) mass is 366 g/mol. The number of aromatic nitrogens is 1. The van der Waals surface area contributed by atoms with Crippen LogP contribution in [-0.4, -0.2) is 10.8 Å². The van der Waals surface area contributed by atoms with Crippen LogP contribution in [0.3, 0.4) is 0 Å². The largest absolute Gasteiger partial charge is 0.453 e. The molecule has 0 aliphatic rings.